The van der Waals surface area contributed by atoms with Crippen molar-refractivity contribution in [3.8, 4) is 5.75 Å². The van der Waals surface area contributed by atoms with Crippen LogP contribution in [0, 0.1) is 0 Å². The van der Waals surface area contributed by atoms with Gasteiger partial charge >= 0.3 is 0 Å². The Bertz CT molecular complexity index is 562. The molecule has 0 bridgehead atoms. The summed E-state index contributed by atoms with van der Waals surface area (Å²) in [5, 5.41) is 17.4. The number of rotatable bonds is 5. The third-order valence-electron chi connectivity index (χ3n) is 2.69. The first-order chi connectivity index (χ1) is 9.36. The molecule has 0 saturated carbocycles. The van der Waals surface area contributed by atoms with Crippen molar-refractivity contribution in [2.75, 3.05) is 0 Å². The summed E-state index contributed by atoms with van der Waals surface area (Å²) >= 11 is 0. The second kappa shape index (κ2) is 7.11. The minimum atomic E-state index is 0.214. The van der Waals surface area contributed by atoms with Crippen molar-refractivity contribution in [3.05, 3.63) is 65.7 Å². The van der Waals surface area contributed by atoms with Crippen molar-refractivity contribution < 1.29 is 5.11 Å². The van der Waals surface area contributed by atoms with Gasteiger partial charge in [-0.15, -0.1) is 0 Å². The quantitative estimate of drug-likeness (QED) is 0.643. The van der Waals surface area contributed by atoms with Crippen molar-refractivity contribution in [2.45, 2.75) is 12.8 Å². The average Bonchev–Trinajstić information content (AvgIpc) is 2.45. The summed E-state index contributed by atoms with van der Waals surface area (Å²) in [6.45, 7) is 0. The van der Waals surface area contributed by atoms with Gasteiger partial charge in [-0.25, -0.2) is 0 Å². The predicted molar refractivity (Wildman–Crippen MR) is 79.0 cm³/mol. The summed E-state index contributed by atoms with van der Waals surface area (Å²) in [4.78, 5) is 0. The fourth-order valence-corrected chi connectivity index (χ4v) is 1.67. The molecule has 0 aliphatic carbocycles. The third-order valence-corrected chi connectivity index (χ3v) is 2.69. The van der Waals surface area contributed by atoms with E-state index in [-0.39, 0.29) is 5.75 Å². The molecule has 2 aromatic carbocycles. The van der Waals surface area contributed by atoms with E-state index in [0.29, 0.717) is 5.56 Å². The third kappa shape index (κ3) is 4.39. The molecule has 0 aromatic heterocycles. The number of phenolic OH excluding ortho intramolecular Hbond substituents is 1. The summed E-state index contributed by atoms with van der Waals surface area (Å²) < 4.78 is 0. The molecule has 0 aliphatic heterocycles. The highest BCUT2D eigenvalue weighted by Gasteiger charge is 1.93. The molecule has 0 amide bonds. The number of aromatic hydroxyl groups is 1. The van der Waals surface area contributed by atoms with Gasteiger partial charge in [0, 0.05) is 11.8 Å². The lowest BCUT2D eigenvalue weighted by Gasteiger charge is -1.95. The van der Waals surface area contributed by atoms with Gasteiger partial charge in [-0.2, -0.15) is 10.2 Å². The van der Waals surface area contributed by atoms with E-state index in [4.69, 9.17) is 0 Å². The van der Waals surface area contributed by atoms with Crippen LogP contribution in [0.25, 0.3) is 0 Å². The molecule has 1 N–H and O–H groups in total. The lowest BCUT2D eigenvalue weighted by molar-refractivity contribution is 0.474. The monoisotopic (exact) mass is 252 g/mol. The highest BCUT2D eigenvalue weighted by Crippen LogP contribution is 2.12. The first-order valence-corrected chi connectivity index (χ1v) is 6.23. The van der Waals surface area contributed by atoms with Gasteiger partial charge in [0.25, 0.3) is 0 Å². The van der Waals surface area contributed by atoms with E-state index in [9.17, 15) is 5.11 Å². The van der Waals surface area contributed by atoms with E-state index in [2.05, 4.69) is 22.3 Å². The maximum atomic E-state index is 9.52. The van der Waals surface area contributed by atoms with Crippen LogP contribution in [0.5, 0.6) is 5.75 Å². The molecule has 0 unspecified atom stereocenters. The van der Waals surface area contributed by atoms with Crippen LogP contribution in [0.3, 0.4) is 0 Å². The Hall–Kier alpha value is -2.42. The van der Waals surface area contributed by atoms with Gasteiger partial charge in [0.15, 0.2) is 0 Å². The van der Waals surface area contributed by atoms with Crippen molar-refractivity contribution in [1.29, 1.82) is 0 Å². The lowest BCUT2D eigenvalue weighted by atomic mass is 10.1. The number of para-hydroxylation sites is 1. The maximum absolute atomic E-state index is 9.52. The number of hydrogen-bond acceptors (Lipinski definition) is 3. The molecule has 0 atom stereocenters. The summed E-state index contributed by atoms with van der Waals surface area (Å²) in [5.41, 5.74) is 1.96. The summed E-state index contributed by atoms with van der Waals surface area (Å²) in [7, 11) is 0. The Kier molecular flexibility index (Phi) is 4.87. The van der Waals surface area contributed by atoms with Gasteiger partial charge in [0.1, 0.15) is 5.75 Å². The van der Waals surface area contributed by atoms with E-state index in [0.717, 1.165) is 12.8 Å². The number of nitrogens with zero attached hydrogens (tertiary/aromatic N) is 2. The Balaban J connectivity index is 1.79. The molecule has 3 nitrogen and oxygen atoms in total. The molecule has 2 aromatic rings. The van der Waals surface area contributed by atoms with Crippen molar-refractivity contribution in [2.24, 2.45) is 10.2 Å². The predicted octanol–water partition coefficient (Wildman–Crippen LogP) is 3.43. The van der Waals surface area contributed by atoms with Gasteiger partial charge in [0.05, 0.1) is 6.21 Å². The molecule has 0 saturated heterocycles. The molecule has 0 radical (unpaired) electrons. The zero-order valence-corrected chi connectivity index (χ0v) is 10.6. The first-order valence-electron chi connectivity index (χ1n) is 6.23. The van der Waals surface area contributed by atoms with Gasteiger partial charge in [0.2, 0.25) is 0 Å². The van der Waals surface area contributed by atoms with Crippen LogP contribution < -0.4 is 0 Å². The summed E-state index contributed by atoms with van der Waals surface area (Å²) in [5.74, 6) is 0.214. The minimum absolute atomic E-state index is 0.214. The zero-order valence-electron chi connectivity index (χ0n) is 10.6. The molecular formula is C16H16N2O. The fourth-order valence-electron chi connectivity index (χ4n) is 1.67. The van der Waals surface area contributed by atoms with Crippen LogP contribution in [-0.2, 0) is 6.42 Å². The molecule has 3 heteroatoms. The van der Waals surface area contributed by atoms with Crippen molar-refractivity contribution >= 4 is 12.4 Å². The van der Waals surface area contributed by atoms with E-state index >= 15 is 0 Å². The van der Waals surface area contributed by atoms with Gasteiger partial charge in [-0.1, -0.05) is 42.5 Å². The summed E-state index contributed by atoms with van der Waals surface area (Å²) in [6, 6.07) is 17.3. The summed E-state index contributed by atoms with van der Waals surface area (Å²) in [6.07, 6.45) is 5.14. The smallest absolute Gasteiger partial charge is 0.124 e. The topological polar surface area (TPSA) is 45.0 Å². The Morgan fingerprint density at radius 3 is 2.42 bits per heavy atom. The van der Waals surface area contributed by atoms with Crippen LogP contribution in [0.2, 0.25) is 0 Å². The Labute approximate surface area is 113 Å². The van der Waals surface area contributed by atoms with Crippen LogP contribution >= 0.6 is 0 Å². The lowest BCUT2D eigenvalue weighted by Crippen LogP contribution is -1.85. The van der Waals surface area contributed by atoms with Crippen molar-refractivity contribution in [1.82, 2.24) is 0 Å². The standard InChI is InChI=1S/C16H16N2O/c19-16-11-5-4-10-15(16)13-18-17-12-6-9-14-7-2-1-3-8-14/h1-5,7-8,10-13,19H,6,9H2/b17-12-,18-13-. The second-order valence-electron chi connectivity index (χ2n) is 4.13. The van der Waals surface area contributed by atoms with Crippen molar-refractivity contribution in [3.63, 3.8) is 0 Å². The van der Waals surface area contributed by atoms with E-state index in [1.165, 1.54) is 5.56 Å². The maximum Gasteiger partial charge on any atom is 0.124 e. The molecule has 0 spiro atoms. The number of benzene rings is 2. The van der Waals surface area contributed by atoms with Gasteiger partial charge in [-0.05, 0) is 30.5 Å². The molecule has 0 heterocycles. The van der Waals surface area contributed by atoms with Gasteiger partial charge < -0.3 is 5.11 Å². The molecule has 0 aliphatic rings. The second-order valence-corrected chi connectivity index (χ2v) is 4.13. The average molecular weight is 252 g/mol. The van der Waals surface area contributed by atoms with E-state index < -0.39 is 0 Å². The number of aryl methyl sites for hydroxylation is 1. The normalized spacial score (nSPS) is 11.4. The Morgan fingerprint density at radius 1 is 0.895 bits per heavy atom. The highest BCUT2D eigenvalue weighted by atomic mass is 16.3. The molecule has 96 valence electrons. The van der Waals surface area contributed by atoms with Gasteiger partial charge in [-0.3, -0.25) is 0 Å². The highest BCUT2D eigenvalue weighted by molar-refractivity contribution is 5.83. The van der Waals surface area contributed by atoms with E-state index in [1.807, 2.05) is 24.3 Å². The first kappa shape index (κ1) is 13.0. The SMILES string of the molecule is Oc1ccccc1/C=N\N=C/CCc1ccccc1. The van der Waals surface area contributed by atoms with E-state index in [1.54, 1.807) is 30.6 Å². The molecular weight excluding hydrogens is 236 g/mol. The molecule has 0 fully saturated rings. The molecule has 19 heavy (non-hydrogen) atoms. The van der Waals surface area contributed by atoms with Crippen LogP contribution in [0.4, 0.5) is 0 Å². The zero-order chi connectivity index (χ0) is 13.3. The van der Waals surface area contributed by atoms with Crippen LogP contribution in [0.1, 0.15) is 17.5 Å². The number of hydrogen-bond donors (Lipinski definition) is 1. The largest absolute Gasteiger partial charge is 0.507 e. The van der Waals surface area contributed by atoms with Crippen LogP contribution in [0.15, 0.2) is 64.8 Å². The fraction of sp³-hybridized carbons (Fsp3) is 0.125. The van der Waals surface area contributed by atoms with Crippen LogP contribution in [-0.4, -0.2) is 17.5 Å². The number of phenols is 1. The minimum Gasteiger partial charge on any atom is -0.507 e. The molecule has 2 rings (SSSR count). The Morgan fingerprint density at radius 2 is 1.63 bits per heavy atom.